The van der Waals surface area contributed by atoms with E-state index in [9.17, 15) is 9.59 Å². The molecular weight excluding hydrogens is 421 g/mol. The van der Waals surface area contributed by atoms with E-state index in [0.29, 0.717) is 38.9 Å². The third-order valence-corrected chi connectivity index (χ3v) is 6.33. The lowest BCUT2D eigenvalue weighted by Crippen LogP contribution is -2.34. The molecule has 1 atom stereocenters. The van der Waals surface area contributed by atoms with Crippen molar-refractivity contribution in [2.75, 3.05) is 0 Å². The summed E-state index contributed by atoms with van der Waals surface area (Å²) in [7, 11) is 0. The van der Waals surface area contributed by atoms with Crippen LogP contribution in [0.25, 0.3) is 0 Å². The van der Waals surface area contributed by atoms with E-state index in [-0.39, 0.29) is 12.4 Å². The van der Waals surface area contributed by atoms with Crippen molar-refractivity contribution in [2.24, 2.45) is 0 Å². The largest absolute Gasteiger partial charge is 0.457 e. The summed E-state index contributed by atoms with van der Waals surface area (Å²) in [6, 6.07) is 14.8. The predicted molar refractivity (Wildman–Crippen MR) is 117 cm³/mol. The van der Waals surface area contributed by atoms with Gasteiger partial charge < -0.3 is 10.1 Å². The average molecular weight is 442 g/mol. The molecule has 1 heterocycles. The van der Waals surface area contributed by atoms with Gasteiger partial charge >= 0.3 is 5.97 Å². The van der Waals surface area contributed by atoms with Crippen LogP contribution in [0.2, 0.25) is 10.0 Å². The first kappa shape index (κ1) is 20.7. The Morgan fingerprint density at radius 3 is 2.63 bits per heavy atom. The van der Waals surface area contributed by atoms with Crippen LogP contribution in [-0.4, -0.2) is 11.8 Å². The number of rotatable bonds is 4. The van der Waals surface area contributed by atoms with E-state index in [1.807, 2.05) is 43.3 Å². The first-order valence-electron chi connectivity index (χ1n) is 9.86. The van der Waals surface area contributed by atoms with Crippen molar-refractivity contribution in [1.29, 1.82) is 0 Å². The van der Waals surface area contributed by atoms with Crippen molar-refractivity contribution in [1.82, 2.24) is 5.32 Å². The first-order valence-corrected chi connectivity index (χ1v) is 10.6. The molecule has 4 nitrogen and oxygen atoms in total. The van der Waals surface area contributed by atoms with Crippen LogP contribution in [0.4, 0.5) is 0 Å². The molecule has 4 rings (SSSR count). The Morgan fingerprint density at radius 1 is 1.10 bits per heavy atom. The molecule has 0 radical (unpaired) electrons. The Balaban J connectivity index is 1.76. The predicted octanol–water partition coefficient (Wildman–Crippen LogP) is 5.70. The summed E-state index contributed by atoms with van der Waals surface area (Å²) in [4.78, 5) is 26.1. The van der Waals surface area contributed by atoms with Gasteiger partial charge in [-0.05, 0) is 37.0 Å². The minimum Gasteiger partial charge on any atom is -0.457 e. The SMILES string of the molecule is CC1=C(C(=O)OCc2ccccc2)[C@H](c2cccc(Cl)c2Cl)C2=C(CCCC2=O)N1. The molecule has 0 bridgehead atoms. The van der Waals surface area contributed by atoms with Crippen molar-refractivity contribution in [3.8, 4) is 0 Å². The van der Waals surface area contributed by atoms with Crippen LogP contribution in [0.3, 0.4) is 0 Å². The van der Waals surface area contributed by atoms with Gasteiger partial charge in [-0.15, -0.1) is 0 Å². The number of carbonyl (C=O) groups excluding carboxylic acids is 2. The van der Waals surface area contributed by atoms with E-state index in [4.69, 9.17) is 27.9 Å². The second-order valence-electron chi connectivity index (χ2n) is 7.47. The zero-order valence-corrected chi connectivity index (χ0v) is 18.0. The molecule has 0 amide bonds. The highest BCUT2D eigenvalue weighted by Gasteiger charge is 2.40. The fourth-order valence-corrected chi connectivity index (χ4v) is 4.53. The van der Waals surface area contributed by atoms with Crippen LogP contribution in [0.1, 0.15) is 43.2 Å². The number of dihydropyridines is 1. The van der Waals surface area contributed by atoms with E-state index in [1.165, 1.54) is 0 Å². The fraction of sp³-hybridized carbons (Fsp3) is 0.250. The van der Waals surface area contributed by atoms with E-state index < -0.39 is 11.9 Å². The Hall–Kier alpha value is -2.56. The molecule has 2 aromatic carbocycles. The van der Waals surface area contributed by atoms with Gasteiger partial charge in [-0.2, -0.15) is 0 Å². The van der Waals surface area contributed by atoms with E-state index >= 15 is 0 Å². The van der Waals surface area contributed by atoms with Gasteiger partial charge in [0, 0.05) is 29.3 Å². The molecule has 1 N–H and O–H groups in total. The molecule has 2 aromatic rings. The van der Waals surface area contributed by atoms with Crippen molar-refractivity contribution in [2.45, 2.75) is 38.7 Å². The summed E-state index contributed by atoms with van der Waals surface area (Å²) in [5.41, 5.74) is 4.03. The Labute approximate surface area is 185 Å². The molecular formula is C24H21Cl2NO3. The molecule has 0 spiro atoms. The maximum absolute atomic E-state index is 13.2. The molecule has 0 fully saturated rings. The van der Waals surface area contributed by atoms with Crippen LogP contribution in [0.15, 0.2) is 71.1 Å². The number of allylic oxidation sites excluding steroid dienone is 3. The van der Waals surface area contributed by atoms with Crippen LogP contribution in [-0.2, 0) is 20.9 Å². The minimum absolute atomic E-state index is 0.0191. The number of benzene rings is 2. The van der Waals surface area contributed by atoms with E-state index in [0.717, 1.165) is 24.1 Å². The Kier molecular flexibility index (Phi) is 5.98. The first-order chi connectivity index (χ1) is 14.5. The fourth-order valence-electron chi connectivity index (χ4n) is 4.11. The molecule has 1 aliphatic heterocycles. The van der Waals surface area contributed by atoms with Gasteiger partial charge in [0.15, 0.2) is 5.78 Å². The number of carbonyl (C=O) groups is 2. The molecule has 30 heavy (non-hydrogen) atoms. The minimum atomic E-state index is -0.608. The zero-order valence-electron chi connectivity index (χ0n) is 16.5. The van der Waals surface area contributed by atoms with E-state index in [2.05, 4.69) is 5.32 Å². The number of ether oxygens (including phenoxy) is 1. The molecule has 2 aliphatic rings. The number of hydrogen-bond donors (Lipinski definition) is 1. The van der Waals surface area contributed by atoms with Crippen LogP contribution >= 0.6 is 23.2 Å². The standard InChI is InChI=1S/C24H21Cl2NO3/c1-14-20(24(29)30-13-15-7-3-2-4-8-15)21(16-9-5-10-17(25)23(16)26)22-18(27-14)11-6-12-19(22)28/h2-5,7-10,21,27H,6,11-13H2,1H3/t21-/m0/s1. The molecule has 0 aromatic heterocycles. The smallest absolute Gasteiger partial charge is 0.337 e. The van der Waals surface area contributed by atoms with Crippen LogP contribution < -0.4 is 5.32 Å². The van der Waals surface area contributed by atoms with Gasteiger partial charge in [-0.25, -0.2) is 4.79 Å². The number of ketones is 1. The summed E-state index contributed by atoms with van der Waals surface area (Å²) < 4.78 is 5.63. The summed E-state index contributed by atoms with van der Waals surface area (Å²) >= 11 is 12.8. The van der Waals surface area contributed by atoms with Gasteiger partial charge in [-0.1, -0.05) is 65.7 Å². The maximum atomic E-state index is 13.2. The van der Waals surface area contributed by atoms with Crippen LogP contribution in [0, 0.1) is 0 Å². The van der Waals surface area contributed by atoms with Gasteiger partial charge in [0.25, 0.3) is 0 Å². The lowest BCUT2D eigenvalue weighted by atomic mass is 9.75. The monoisotopic (exact) mass is 441 g/mol. The lowest BCUT2D eigenvalue weighted by molar-refractivity contribution is -0.140. The van der Waals surface area contributed by atoms with Crippen LogP contribution in [0.5, 0.6) is 0 Å². The highest BCUT2D eigenvalue weighted by molar-refractivity contribution is 6.42. The Morgan fingerprint density at radius 2 is 1.87 bits per heavy atom. The highest BCUT2D eigenvalue weighted by Crippen LogP contribution is 2.45. The lowest BCUT2D eigenvalue weighted by Gasteiger charge is -2.34. The third-order valence-electron chi connectivity index (χ3n) is 5.50. The van der Waals surface area contributed by atoms with Crippen molar-refractivity contribution >= 4 is 35.0 Å². The van der Waals surface area contributed by atoms with Gasteiger partial charge in [-0.3, -0.25) is 4.79 Å². The number of hydrogen-bond acceptors (Lipinski definition) is 4. The average Bonchev–Trinajstić information content (AvgIpc) is 2.74. The van der Waals surface area contributed by atoms with Gasteiger partial charge in [0.05, 0.1) is 15.6 Å². The summed E-state index contributed by atoms with van der Waals surface area (Å²) in [5, 5.41) is 4.00. The molecule has 154 valence electrons. The van der Waals surface area contributed by atoms with Gasteiger partial charge in [0.2, 0.25) is 0 Å². The summed E-state index contributed by atoms with van der Waals surface area (Å²) in [5.74, 6) is -1.07. The van der Waals surface area contributed by atoms with Crippen molar-refractivity contribution < 1.29 is 14.3 Å². The molecule has 0 unspecified atom stereocenters. The third kappa shape index (κ3) is 3.90. The molecule has 0 saturated carbocycles. The zero-order chi connectivity index (χ0) is 21.3. The normalized spacial score (nSPS) is 18.8. The highest BCUT2D eigenvalue weighted by atomic mass is 35.5. The Bertz CT molecular complexity index is 1070. The second-order valence-corrected chi connectivity index (χ2v) is 8.26. The van der Waals surface area contributed by atoms with Crippen molar-refractivity contribution in [3.63, 3.8) is 0 Å². The summed E-state index contributed by atoms with van der Waals surface area (Å²) in [6.07, 6.45) is 1.97. The topological polar surface area (TPSA) is 55.4 Å². The molecule has 1 aliphatic carbocycles. The molecule has 0 saturated heterocycles. The number of nitrogens with one attached hydrogen (secondary N) is 1. The summed E-state index contributed by atoms with van der Waals surface area (Å²) in [6.45, 7) is 1.97. The number of halogens is 2. The van der Waals surface area contributed by atoms with E-state index in [1.54, 1.807) is 12.1 Å². The number of esters is 1. The molecule has 6 heteroatoms. The van der Waals surface area contributed by atoms with Gasteiger partial charge in [0.1, 0.15) is 6.61 Å². The van der Waals surface area contributed by atoms with Crippen molar-refractivity contribution in [3.05, 3.63) is 92.2 Å². The quantitative estimate of drug-likeness (QED) is 0.617. The second kappa shape index (κ2) is 8.66. The maximum Gasteiger partial charge on any atom is 0.337 e. The number of Topliss-reactive ketones (excluding diaryl/α,β-unsaturated/α-hetero) is 1.